The Morgan fingerprint density at radius 1 is 1.24 bits per heavy atom. The second kappa shape index (κ2) is 5.64. The number of hydrogen-bond donors (Lipinski definition) is 0. The van der Waals surface area contributed by atoms with E-state index < -0.39 is 28.1 Å². The lowest BCUT2D eigenvalue weighted by Gasteiger charge is -2.12. The molecule has 0 aliphatic rings. The third-order valence-electron chi connectivity index (χ3n) is 2.28. The number of non-ortho nitro benzene ring substituents is 1. The van der Waals surface area contributed by atoms with Crippen molar-refractivity contribution < 1.29 is 22.8 Å². The predicted molar refractivity (Wildman–Crippen MR) is 67.9 cm³/mol. The molecule has 0 spiro atoms. The minimum Gasteiger partial charge on any atom is -0.424 e. The quantitative estimate of drug-likeness (QED) is 0.609. The summed E-state index contributed by atoms with van der Waals surface area (Å²) in [5.41, 5.74) is -1.96. The molecule has 10 heteroatoms. The van der Waals surface area contributed by atoms with E-state index in [2.05, 4.69) is 25.9 Å². The number of ether oxygens (including phenoxy) is 1. The highest BCUT2D eigenvalue weighted by molar-refractivity contribution is 9.10. The first-order valence-electron chi connectivity index (χ1n) is 5.28. The molecule has 0 radical (unpaired) electrons. The lowest BCUT2D eigenvalue weighted by Crippen LogP contribution is -2.08. The van der Waals surface area contributed by atoms with Gasteiger partial charge >= 0.3 is 12.2 Å². The summed E-state index contributed by atoms with van der Waals surface area (Å²) in [5.74, 6) is -0.615. The molecule has 0 atom stereocenters. The van der Waals surface area contributed by atoms with Gasteiger partial charge in [0.2, 0.25) is 0 Å². The number of hydrogen-bond acceptors (Lipinski definition) is 5. The molecule has 0 bridgehead atoms. The number of rotatable bonds is 3. The lowest BCUT2D eigenvalue weighted by molar-refractivity contribution is -0.385. The van der Waals surface area contributed by atoms with Crippen molar-refractivity contribution >= 4 is 21.6 Å². The second-order valence-electron chi connectivity index (χ2n) is 3.72. The number of nitro benzene ring substituents is 1. The number of nitrogens with zero attached hydrogens (tertiary/aromatic N) is 3. The van der Waals surface area contributed by atoms with Crippen LogP contribution in [0.3, 0.4) is 0 Å². The first-order valence-corrected chi connectivity index (χ1v) is 6.07. The number of aromatic nitrogens is 2. The SMILES string of the molecule is O=[N+]([O-])c1ccc(Oc2ncc(Br)cn2)c(C(F)(F)F)c1. The predicted octanol–water partition coefficient (Wildman–Crippen LogP) is 3.96. The van der Waals surface area contributed by atoms with Gasteiger partial charge in [-0.25, -0.2) is 9.97 Å². The number of benzene rings is 1. The molecule has 110 valence electrons. The summed E-state index contributed by atoms with van der Waals surface area (Å²) in [6.07, 6.45) is -2.22. The van der Waals surface area contributed by atoms with Crippen molar-refractivity contribution in [2.75, 3.05) is 0 Å². The van der Waals surface area contributed by atoms with E-state index in [1.807, 2.05) is 0 Å². The van der Waals surface area contributed by atoms with E-state index in [1.54, 1.807) is 0 Å². The molecule has 0 saturated heterocycles. The van der Waals surface area contributed by atoms with Crippen LogP contribution in [-0.4, -0.2) is 14.9 Å². The Morgan fingerprint density at radius 3 is 2.38 bits per heavy atom. The van der Waals surface area contributed by atoms with Crippen molar-refractivity contribution in [3.8, 4) is 11.8 Å². The van der Waals surface area contributed by atoms with Crippen molar-refractivity contribution in [2.24, 2.45) is 0 Å². The molecule has 1 heterocycles. The van der Waals surface area contributed by atoms with Gasteiger partial charge in [-0.05, 0) is 22.0 Å². The number of alkyl halides is 3. The zero-order valence-electron chi connectivity index (χ0n) is 9.96. The van der Waals surface area contributed by atoms with Crippen LogP contribution in [0.2, 0.25) is 0 Å². The van der Waals surface area contributed by atoms with Crippen LogP contribution in [0.5, 0.6) is 11.8 Å². The first kappa shape index (κ1) is 15.2. The average molecular weight is 364 g/mol. The van der Waals surface area contributed by atoms with Gasteiger partial charge in [0.15, 0.2) is 0 Å². The lowest BCUT2D eigenvalue weighted by atomic mass is 10.1. The molecule has 0 fully saturated rings. The molecule has 0 saturated carbocycles. The molecule has 0 unspecified atom stereocenters. The van der Waals surface area contributed by atoms with E-state index in [-0.39, 0.29) is 6.01 Å². The molecule has 1 aromatic heterocycles. The van der Waals surface area contributed by atoms with Gasteiger partial charge in [-0.3, -0.25) is 10.1 Å². The molecule has 0 amide bonds. The molecule has 6 nitrogen and oxygen atoms in total. The molecular formula is C11H5BrF3N3O3. The highest BCUT2D eigenvalue weighted by atomic mass is 79.9. The molecule has 0 aliphatic heterocycles. The van der Waals surface area contributed by atoms with Crippen LogP contribution in [0.15, 0.2) is 35.1 Å². The third-order valence-corrected chi connectivity index (χ3v) is 2.69. The van der Waals surface area contributed by atoms with Gasteiger partial charge in [-0.1, -0.05) is 0 Å². The van der Waals surface area contributed by atoms with Crippen LogP contribution in [0.25, 0.3) is 0 Å². The van der Waals surface area contributed by atoms with E-state index in [1.165, 1.54) is 12.4 Å². The average Bonchev–Trinajstić information content (AvgIpc) is 2.40. The monoisotopic (exact) mass is 363 g/mol. The van der Waals surface area contributed by atoms with E-state index in [4.69, 9.17) is 4.74 Å². The van der Waals surface area contributed by atoms with Crippen LogP contribution < -0.4 is 4.74 Å². The highest BCUT2D eigenvalue weighted by Gasteiger charge is 2.36. The Morgan fingerprint density at radius 2 is 1.86 bits per heavy atom. The summed E-state index contributed by atoms with van der Waals surface area (Å²) in [7, 11) is 0. The number of halogens is 4. The normalized spacial score (nSPS) is 11.2. The molecule has 1 aromatic carbocycles. The van der Waals surface area contributed by atoms with Crippen molar-refractivity contribution in [3.05, 3.63) is 50.7 Å². The van der Waals surface area contributed by atoms with Gasteiger partial charge in [0, 0.05) is 24.5 Å². The van der Waals surface area contributed by atoms with Crippen molar-refractivity contribution in [1.82, 2.24) is 9.97 Å². The Bertz CT molecular complexity index is 677. The molecule has 21 heavy (non-hydrogen) atoms. The van der Waals surface area contributed by atoms with Crippen LogP contribution >= 0.6 is 15.9 Å². The van der Waals surface area contributed by atoms with Crippen LogP contribution in [-0.2, 0) is 6.18 Å². The highest BCUT2D eigenvalue weighted by Crippen LogP contribution is 2.39. The molecule has 2 aromatic rings. The summed E-state index contributed by atoms with van der Waals surface area (Å²) >= 11 is 3.07. The number of nitro groups is 1. The summed E-state index contributed by atoms with van der Waals surface area (Å²) in [6, 6.07) is 1.85. The largest absolute Gasteiger partial charge is 0.424 e. The van der Waals surface area contributed by atoms with Crippen LogP contribution in [0.4, 0.5) is 18.9 Å². The van der Waals surface area contributed by atoms with E-state index >= 15 is 0 Å². The standard InChI is InChI=1S/C11H5BrF3N3O3/c12-6-4-16-10(17-5-6)21-9-2-1-7(18(19)20)3-8(9)11(13,14)15/h1-5H. The van der Waals surface area contributed by atoms with Crippen molar-refractivity contribution in [2.45, 2.75) is 6.18 Å². The zero-order chi connectivity index (χ0) is 15.6. The fraction of sp³-hybridized carbons (Fsp3) is 0.0909. The Balaban J connectivity index is 2.43. The van der Waals surface area contributed by atoms with Gasteiger partial charge in [0.25, 0.3) is 5.69 Å². The van der Waals surface area contributed by atoms with Gasteiger partial charge in [-0.15, -0.1) is 0 Å². The molecule has 2 rings (SSSR count). The molecule has 0 aliphatic carbocycles. The summed E-state index contributed by atoms with van der Waals surface area (Å²) in [5, 5.41) is 10.6. The van der Waals surface area contributed by atoms with Gasteiger partial charge in [0.1, 0.15) is 11.3 Å². The molecule has 0 N–H and O–H groups in total. The zero-order valence-corrected chi connectivity index (χ0v) is 11.6. The van der Waals surface area contributed by atoms with E-state index in [0.717, 1.165) is 12.1 Å². The Labute approximate surface area is 123 Å². The molecular weight excluding hydrogens is 359 g/mol. The van der Waals surface area contributed by atoms with Crippen molar-refractivity contribution in [1.29, 1.82) is 0 Å². The summed E-state index contributed by atoms with van der Waals surface area (Å²) in [4.78, 5) is 17.0. The Hall–Kier alpha value is -2.23. The smallest absolute Gasteiger partial charge is 0.420 e. The van der Waals surface area contributed by atoms with Crippen LogP contribution in [0, 0.1) is 10.1 Å². The van der Waals surface area contributed by atoms with E-state index in [0.29, 0.717) is 10.5 Å². The van der Waals surface area contributed by atoms with Crippen LogP contribution in [0.1, 0.15) is 5.56 Å². The minimum atomic E-state index is -4.81. The second-order valence-corrected chi connectivity index (χ2v) is 4.64. The fourth-order valence-corrected chi connectivity index (χ4v) is 1.60. The summed E-state index contributed by atoms with van der Waals surface area (Å²) in [6.45, 7) is 0. The van der Waals surface area contributed by atoms with Gasteiger partial charge in [-0.2, -0.15) is 13.2 Å². The summed E-state index contributed by atoms with van der Waals surface area (Å²) < 4.78 is 44.2. The van der Waals surface area contributed by atoms with E-state index in [9.17, 15) is 23.3 Å². The Kier molecular flexibility index (Phi) is 4.07. The minimum absolute atomic E-state index is 0.308. The maximum absolute atomic E-state index is 12.9. The van der Waals surface area contributed by atoms with Gasteiger partial charge < -0.3 is 4.74 Å². The third kappa shape index (κ3) is 3.66. The fourth-order valence-electron chi connectivity index (χ4n) is 1.39. The van der Waals surface area contributed by atoms with Gasteiger partial charge in [0.05, 0.1) is 9.40 Å². The van der Waals surface area contributed by atoms with Crippen molar-refractivity contribution in [3.63, 3.8) is 0 Å². The maximum atomic E-state index is 12.9. The first-order chi connectivity index (χ1) is 9.77. The topological polar surface area (TPSA) is 78.2 Å². The maximum Gasteiger partial charge on any atom is 0.420 e.